The molecule has 3 heterocycles. The van der Waals surface area contributed by atoms with E-state index < -0.39 is 0 Å². The number of benzene rings is 1. The molecule has 0 spiro atoms. The van der Waals surface area contributed by atoms with E-state index in [0.717, 1.165) is 49.4 Å². The van der Waals surface area contributed by atoms with E-state index in [-0.39, 0.29) is 11.6 Å². The van der Waals surface area contributed by atoms with Crippen LogP contribution in [0.15, 0.2) is 29.1 Å². The van der Waals surface area contributed by atoms with Crippen LogP contribution in [0.5, 0.6) is 5.75 Å². The number of hydrogen-bond acceptors (Lipinski definition) is 8. The lowest BCUT2D eigenvalue weighted by atomic mass is 10.0. The van der Waals surface area contributed by atoms with Gasteiger partial charge in [-0.3, -0.25) is 9.69 Å². The van der Waals surface area contributed by atoms with Crippen LogP contribution in [-0.2, 0) is 11.3 Å². The van der Waals surface area contributed by atoms with Gasteiger partial charge >= 0.3 is 0 Å². The van der Waals surface area contributed by atoms with Crippen molar-refractivity contribution in [3.05, 3.63) is 46.0 Å². The van der Waals surface area contributed by atoms with Gasteiger partial charge in [-0.2, -0.15) is 0 Å². The highest BCUT2D eigenvalue weighted by Crippen LogP contribution is 2.28. The maximum absolute atomic E-state index is 13.2. The molecule has 3 aromatic rings. The molecule has 1 aliphatic heterocycles. The molecule has 0 radical (unpaired) electrons. The molecule has 10 nitrogen and oxygen atoms in total. The number of H-pyrrole nitrogens is 1. The number of fused-ring (bicyclic) bond motifs is 1. The van der Waals surface area contributed by atoms with Crippen LogP contribution in [0, 0.1) is 0 Å². The zero-order chi connectivity index (χ0) is 22.5. The van der Waals surface area contributed by atoms with Gasteiger partial charge in [0, 0.05) is 49.8 Å². The summed E-state index contributed by atoms with van der Waals surface area (Å²) in [5.74, 6) is 1.42. The first-order chi connectivity index (χ1) is 15.6. The Morgan fingerprint density at radius 1 is 1.16 bits per heavy atom. The lowest BCUT2D eigenvalue weighted by molar-refractivity contribution is 0.106. The van der Waals surface area contributed by atoms with Crippen LogP contribution in [0.4, 0.5) is 0 Å². The maximum Gasteiger partial charge on any atom is 0.253 e. The van der Waals surface area contributed by atoms with Gasteiger partial charge in [0.2, 0.25) is 0 Å². The number of nitrogens with one attached hydrogen (secondary N) is 1. The van der Waals surface area contributed by atoms with Crippen LogP contribution in [0.2, 0.25) is 0 Å². The van der Waals surface area contributed by atoms with E-state index in [0.29, 0.717) is 31.1 Å². The molecule has 0 amide bonds. The number of tetrazole rings is 1. The van der Waals surface area contributed by atoms with E-state index in [1.807, 2.05) is 31.2 Å². The average molecular weight is 442 g/mol. The summed E-state index contributed by atoms with van der Waals surface area (Å²) in [6, 6.07) is 7.29. The van der Waals surface area contributed by atoms with Gasteiger partial charge in [-0.15, -0.1) is 5.10 Å². The summed E-state index contributed by atoms with van der Waals surface area (Å²) in [4.78, 5) is 21.0. The maximum atomic E-state index is 13.2. The van der Waals surface area contributed by atoms with E-state index in [1.165, 1.54) is 0 Å². The van der Waals surface area contributed by atoms with Crippen LogP contribution in [-0.4, -0.2) is 88.0 Å². The fourth-order valence-electron chi connectivity index (χ4n) is 4.24. The first-order valence-corrected chi connectivity index (χ1v) is 11.2. The Balaban J connectivity index is 1.79. The van der Waals surface area contributed by atoms with Crippen molar-refractivity contribution in [3.8, 4) is 5.75 Å². The number of aromatic amines is 1. The second kappa shape index (κ2) is 10.2. The normalized spacial score (nSPS) is 16.5. The van der Waals surface area contributed by atoms with Crippen LogP contribution in [0.25, 0.3) is 10.9 Å². The van der Waals surface area contributed by atoms with E-state index in [4.69, 9.17) is 9.47 Å². The first-order valence-electron chi connectivity index (χ1n) is 11.2. The van der Waals surface area contributed by atoms with Gasteiger partial charge in [0.15, 0.2) is 5.82 Å². The highest BCUT2D eigenvalue weighted by Gasteiger charge is 2.32. The summed E-state index contributed by atoms with van der Waals surface area (Å²) in [7, 11) is 1.65. The van der Waals surface area contributed by atoms with Crippen molar-refractivity contribution in [2.24, 2.45) is 0 Å². The molecular formula is C22H31N7O3. The molecule has 0 unspecified atom stereocenters. The summed E-state index contributed by atoms with van der Waals surface area (Å²) in [5, 5.41) is 13.3. The SMILES string of the molecule is CCOc1ccc2[nH]c(=O)c([C@H](c3nnnn3CCOC)N3CCN(CC)CC3)cc2c1. The summed E-state index contributed by atoms with van der Waals surface area (Å²) < 4.78 is 12.6. The number of rotatable bonds is 9. The molecule has 1 fully saturated rings. The van der Waals surface area contributed by atoms with Crippen molar-refractivity contribution in [2.45, 2.75) is 26.4 Å². The van der Waals surface area contributed by atoms with Crippen molar-refractivity contribution in [1.29, 1.82) is 0 Å². The predicted molar refractivity (Wildman–Crippen MR) is 121 cm³/mol. The summed E-state index contributed by atoms with van der Waals surface area (Å²) in [6.45, 7) is 10.2. The molecule has 0 saturated carbocycles. The number of pyridine rings is 1. The minimum absolute atomic E-state index is 0.133. The third kappa shape index (κ3) is 4.67. The number of piperazine rings is 1. The molecule has 1 aromatic carbocycles. The molecule has 1 N–H and O–H groups in total. The average Bonchev–Trinajstić information content (AvgIpc) is 3.27. The minimum atomic E-state index is -0.357. The number of aromatic nitrogens is 5. The summed E-state index contributed by atoms with van der Waals surface area (Å²) in [6.07, 6.45) is 0. The van der Waals surface area contributed by atoms with Crippen LogP contribution in [0.1, 0.15) is 31.3 Å². The lowest BCUT2D eigenvalue weighted by Gasteiger charge is -2.38. The topological polar surface area (TPSA) is 101 Å². The minimum Gasteiger partial charge on any atom is -0.494 e. The van der Waals surface area contributed by atoms with Crippen LogP contribution in [0.3, 0.4) is 0 Å². The van der Waals surface area contributed by atoms with Crippen LogP contribution < -0.4 is 10.3 Å². The third-order valence-electron chi connectivity index (χ3n) is 5.98. The Hall–Kier alpha value is -2.82. The quantitative estimate of drug-likeness (QED) is 0.530. The second-order valence-electron chi connectivity index (χ2n) is 7.86. The Morgan fingerprint density at radius 2 is 1.97 bits per heavy atom. The van der Waals surface area contributed by atoms with Gasteiger partial charge in [-0.05, 0) is 48.2 Å². The standard InChI is InChI=1S/C22H31N7O3/c1-4-27-8-10-28(11-9-27)20(21-24-25-26-29(21)12-13-31-3)18-15-16-14-17(32-5-2)6-7-19(16)23-22(18)30/h6-7,14-15,20H,4-5,8-13H2,1-3H3,(H,23,30)/t20-/m1/s1. The van der Waals surface area contributed by atoms with Crippen molar-refractivity contribution < 1.29 is 9.47 Å². The Morgan fingerprint density at radius 3 is 2.69 bits per heavy atom. The van der Waals surface area contributed by atoms with Crippen molar-refractivity contribution in [1.82, 2.24) is 35.0 Å². The molecule has 2 aromatic heterocycles. The summed E-state index contributed by atoms with van der Waals surface area (Å²) in [5.41, 5.74) is 1.27. The molecule has 10 heteroatoms. The van der Waals surface area contributed by atoms with Crippen molar-refractivity contribution in [3.63, 3.8) is 0 Å². The lowest BCUT2D eigenvalue weighted by Crippen LogP contribution is -2.49. The number of hydrogen-bond donors (Lipinski definition) is 1. The first kappa shape index (κ1) is 22.4. The number of methoxy groups -OCH3 is 1. The van der Waals surface area contributed by atoms with Gasteiger partial charge in [0.05, 0.1) is 19.8 Å². The molecule has 1 aliphatic rings. The Labute approximate surface area is 187 Å². The van der Waals surface area contributed by atoms with E-state index in [1.54, 1.807) is 11.8 Å². The number of likely N-dealkylation sites (N-methyl/N-ethyl adjacent to an activating group) is 1. The van der Waals surface area contributed by atoms with E-state index in [2.05, 4.69) is 37.2 Å². The Bertz CT molecular complexity index is 1090. The largest absolute Gasteiger partial charge is 0.494 e. The van der Waals surface area contributed by atoms with Crippen molar-refractivity contribution in [2.75, 3.05) is 53.0 Å². The van der Waals surface area contributed by atoms with Crippen LogP contribution >= 0.6 is 0 Å². The molecule has 1 atom stereocenters. The second-order valence-corrected chi connectivity index (χ2v) is 7.86. The fourth-order valence-corrected chi connectivity index (χ4v) is 4.24. The predicted octanol–water partition coefficient (Wildman–Crippen LogP) is 1.29. The van der Waals surface area contributed by atoms with Gasteiger partial charge in [0.25, 0.3) is 5.56 Å². The number of nitrogens with zero attached hydrogens (tertiary/aromatic N) is 6. The molecule has 4 rings (SSSR count). The number of ether oxygens (including phenoxy) is 2. The Kier molecular flexibility index (Phi) is 7.13. The summed E-state index contributed by atoms with van der Waals surface area (Å²) >= 11 is 0. The van der Waals surface area contributed by atoms with Gasteiger partial charge in [-0.25, -0.2) is 4.68 Å². The highest BCUT2D eigenvalue weighted by atomic mass is 16.5. The van der Waals surface area contributed by atoms with Gasteiger partial charge < -0.3 is 19.4 Å². The zero-order valence-corrected chi connectivity index (χ0v) is 19.0. The third-order valence-corrected chi connectivity index (χ3v) is 5.98. The van der Waals surface area contributed by atoms with Crippen molar-refractivity contribution >= 4 is 10.9 Å². The fraction of sp³-hybridized carbons (Fsp3) is 0.545. The van der Waals surface area contributed by atoms with Gasteiger partial charge in [0.1, 0.15) is 11.8 Å². The molecule has 1 saturated heterocycles. The van der Waals surface area contributed by atoms with E-state index >= 15 is 0 Å². The highest BCUT2D eigenvalue weighted by molar-refractivity contribution is 5.80. The molecule has 0 aliphatic carbocycles. The van der Waals surface area contributed by atoms with Gasteiger partial charge in [-0.1, -0.05) is 6.92 Å². The monoisotopic (exact) mass is 441 g/mol. The van der Waals surface area contributed by atoms with E-state index in [9.17, 15) is 4.79 Å². The molecular weight excluding hydrogens is 410 g/mol. The molecule has 0 bridgehead atoms. The zero-order valence-electron chi connectivity index (χ0n) is 19.0. The molecule has 172 valence electrons. The smallest absolute Gasteiger partial charge is 0.253 e. The molecule has 32 heavy (non-hydrogen) atoms.